The molecule has 0 unspecified atom stereocenters. The van der Waals surface area contributed by atoms with Crippen LogP contribution in [0.4, 0.5) is 22.0 Å². The average molecular weight is 410 g/mol. The number of aromatic nitrogens is 3. The fraction of sp³-hybridized carbons (Fsp3) is 0.150. The molecule has 0 bridgehead atoms. The molecule has 0 aliphatic rings. The molecule has 0 spiro atoms. The van der Waals surface area contributed by atoms with E-state index >= 15 is 0 Å². The Hall–Kier alpha value is -4.08. The summed E-state index contributed by atoms with van der Waals surface area (Å²) in [7, 11) is 0. The van der Waals surface area contributed by atoms with Crippen LogP contribution in [0.3, 0.4) is 0 Å². The number of benzene rings is 2. The van der Waals surface area contributed by atoms with E-state index in [0.29, 0.717) is 5.69 Å². The first-order chi connectivity index (χ1) is 14.5. The molecule has 3 rings (SSSR count). The molecular formula is C20H19FN6O3. The van der Waals surface area contributed by atoms with Crippen LogP contribution in [-0.2, 0) is 27.4 Å². The molecule has 0 aliphatic heterocycles. The van der Waals surface area contributed by atoms with Crippen molar-refractivity contribution >= 4 is 29.5 Å². The molecule has 1 amide bonds. The van der Waals surface area contributed by atoms with Crippen LogP contribution in [0.25, 0.3) is 0 Å². The van der Waals surface area contributed by atoms with Crippen LogP contribution in [0.15, 0.2) is 54.6 Å². The van der Waals surface area contributed by atoms with Crippen LogP contribution in [0, 0.1) is 5.82 Å². The number of ether oxygens (including phenoxy) is 1. The molecule has 3 aromatic rings. The number of esters is 1. The van der Waals surface area contributed by atoms with Gasteiger partial charge in [-0.25, -0.2) is 4.39 Å². The maximum absolute atomic E-state index is 13.0. The van der Waals surface area contributed by atoms with Gasteiger partial charge in [0.05, 0.1) is 6.42 Å². The second-order valence-corrected chi connectivity index (χ2v) is 6.17. The predicted octanol–water partition coefficient (Wildman–Crippen LogP) is 1.74. The third-order valence-corrected chi connectivity index (χ3v) is 3.80. The summed E-state index contributed by atoms with van der Waals surface area (Å²) in [5, 5.41) is 5.35. The van der Waals surface area contributed by atoms with Crippen LogP contribution in [0.2, 0.25) is 0 Å². The Morgan fingerprint density at radius 1 is 1.00 bits per heavy atom. The number of amides is 1. The number of rotatable bonds is 8. The number of carbonyl (C=O) groups excluding carboxylic acids is 2. The van der Waals surface area contributed by atoms with E-state index in [2.05, 4.69) is 25.6 Å². The molecule has 2 aromatic carbocycles. The van der Waals surface area contributed by atoms with Crippen LogP contribution < -0.4 is 16.4 Å². The predicted molar refractivity (Wildman–Crippen MR) is 107 cm³/mol. The first-order valence-electron chi connectivity index (χ1n) is 8.97. The summed E-state index contributed by atoms with van der Waals surface area (Å²) >= 11 is 0. The van der Waals surface area contributed by atoms with E-state index in [1.807, 2.05) is 30.3 Å². The maximum atomic E-state index is 13.0. The van der Waals surface area contributed by atoms with Gasteiger partial charge in [0, 0.05) is 5.69 Å². The molecular weight excluding hydrogens is 391 g/mol. The largest absolute Gasteiger partial charge is 0.456 e. The lowest BCUT2D eigenvalue weighted by atomic mass is 10.1. The van der Waals surface area contributed by atoms with Crippen LogP contribution >= 0.6 is 0 Å². The zero-order valence-electron chi connectivity index (χ0n) is 15.8. The molecule has 0 saturated heterocycles. The highest BCUT2D eigenvalue weighted by Crippen LogP contribution is 2.14. The van der Waals surface area contributed by atoms with Crippen molar-refractivity contribution < 1.29 is 18.7 Å². The summed E-state index contributed by atoms with van der Waals surface area (Å²) in [6, 6.07) is 14.7. The molecule has 10 heteroatoms. The summed E-state index contributed by atoms with van der Waals surface area (Å²) in [5.74, 6) is -1.15. The molecule has 0 aliphatic carbocycles. The van der Waals surface area contributed by atoms with Crippen molar-refractivity contribution in [2.24, 2.45) is 0 Å². The lowest BCUT2D eigenvalue weighted by Gasteiger charge is -2.09. The van der Waals surface area contributed by atoms with Gasteiger partial charge in [-0.3, -0.25) is 9.59 Å². The van der Waals surface area contributed by atoms with E-state index in [-0.39, 0.29) is 49.0 Å². The van der Waals surface area contributed by atoms with Gasteiger partial charge in [0.25, 0.3) is 0 Å². The summed E-state index contributed by atoms with van der Waals surface area (Å²) < 4.78 is 18.1. The molecule has 9 nitrogen and oxygen atoms in total. The monoisotopic (exact) mass is 410 g/mol. The highest BCUT2D eigenvalue weighted by atomic mass is 19.1. The fourth-order valence-electron chi connectivity index (χ4n) is 2.43. The first-order valence-corrected chi connectivity index (χ1v) is 8.97. The quantitative estimate of drug-likeness (QED) is 0.479. The van der Waals surface area contributed by atoms with E-state index < -0.39 is 5.97 Å². The lowest BCUT2D eigenvalue weighted by molar-refractivity contribution is -0.145. The number of halogens is 1. The summed E-state index contributed by atoms with van der Waals surface area (Å²) in [6.45, 7) is -0.537. The van der Waals surface area contributed by atoms with Gasteiger partial charge in [0.1, 0.15) is 12.4 Å². The zero-order chi connectivity index (χ0) is 21.3. The van der Waals surface area contributed by atoms with Gasteiger partial charge in [-0.05, 0) is 29.8 Å². The third-order valence-electron chi connectivity index (χ3n) is 3.80. The number of hydrogen-bond acceptors (Lipinski definition) is 8. The molecule has 1 heterocycles. The molecule has 30 heavy (non-hydrogen) atoms. The lowest BCUT2D eigenvalue weighted by Crippen LogP contribution is -2.31. The standard InChI is InChI=1S/C20H19FN6O3/c21-14-6-8-15(9-7-14)24-20-26-16(25-19(22)27-20)12-30-18(29)11-23-17(28)10-13-4-2-1-3-5-13/h1-9H,10-12H2,(H,23,28)(H3,22,24,25,26,27). The highest BCUT2D eigenvalue weighted by molar-refractivity contribution is 5.83. The molecule has 0 fully saturated rings. The van der Waals surface area contributed by atoms with E-state index in [1.165, 1.54) is 24.3 Å². The Morgan fingerprint density at radius 2 is 1.73 bits per heavy atom. The average Bonchev–Trinajstić information content (AvgIpc) is 2.73. The second kappa shape index (κ2) is 9.92. The number of carbonyl (C=O) groups is 2. The summed E-state index contributed by atoms with van der Waals surface area (Å²) in [4.78, 5) is 35.7. The SMILES string of the molecule is Nc1nc(COC(=O)CNC(=O)Cc2ccccc2)nc(Nc2ccc(F)cc2)n1. The first kappa shape index (κ1) is 20.6. The van der Waals surface area contributed by atoms with Gasteiger partial charge in [-0.2, -0.15) is 15.0 Å². The van der Waals surface area contributed by atoms with E-state index in [0.717, 1.165) is 5.56 Å². The van der Waals surface area contributed by atoms with Crippen LogP contribution in [-0.4, -0.2) is 33.4 Å². The van der Waals surface area contributed by atoms with Gasteiger partial charge in [-0.15, -0.1) is 0 Å². The number of nitrogens with two attached hydrogens (primary N) is 1. The minimum absolute atomic E-state index is 0.0724. The molecule has 4 N–H and O–H groups in total. The smallest absolute Gasteiger partial charge is 0.325 e. The van der Waals surface area contributed by atoms with Crippen LogP contribution in [0.1, 0.15) is 11.4 Å². The Bertz CT molecular complexity index is 1010. The summed E-state index contributed by atoms with van der Waals surface area (Å²) in [6.07, 6.45) is 0.163. The fourth-order valence-corrected chi connectivity index (χ4v) is 2.43. The molecule has 0 atom stereocenters. The Morgan fingerprint density at radius 3 is 2.47 bits per heavy atom. The molecule has 154 valence electrons. The number of nitrogens with one attached hydrogen (secondary N) is 2. The van der Waals surface area contributed by atoms with Crippen molar-refractivity contribution in [3.8, 4) is 0 Å². The van der Waals surface area contributed by atoms with Gasteiger partial charge in [-0.1, -0.05) is 30.3 Å². The minimum atomic E-state index is -0.650. The third kappa shape index (κ3) is 6.51. The Labute approximate surface area is 171 Å². The topological polar surface area (TPSA) is 132 Å². The Balaban J connectivity index is 1.48. The highest BCUT2D eigenvalue weighted by Gasteiger charge is 2.10. The van der Waals surface area contributed by atoms with Gasteiger partial charge >= 0.3 is 5.97 Å². The molecule has 1 aromatic heterocycles. The van der Waals surface area contributed by atoms with Crippen molar-refractivity contribution in [1.29, 1.82) is 0 Å². The van der Waals surface area contributed by atoms with Gasteiger partial charge < -0.3 is 21.1 Å². The van der Waals surface area contributed by atoms with E-state index in [1.54, 1.807) is 0 Å². The van der Waals surface area contributed by atoms with Crippen LogP contribution in [0.5, 0.6) is 0 Å². The normalized spacial score (nSPS) is 10.3. The van der Waals surface area contributed by atoms with Crippen molar-refractivity contribution in [3.63, 3.8) is 0 Å². The van der Waals surface area contributed by atoms with Gasteiger partial charge in [0.15, 0.2) is 12.4 Å². The van der Waals surface area contributed by atoms with Crippen molar-refractivity contribution in [3.05, 3.63) is 71.8 Å². The number of nitrogens with zero attached hydrogens (tertiary/aromatic N) is 3. The number of anilines is 3. The van der Waals surface area contributed by atoms with Crippen molar-refractivity contribution in [2.75, 3.05) is 17.6 Å². The molecule has 0 radical (unpaired) electrons. The van der Waals surface area contributed by atoms with E-state index in [4.69, 9.17) is 10.5 Å². The van der Waals surface area contributed by atoms with Crippen molar-refractivity contribution in [2.45, 2.75) is 13.0 Å². The number of hydrogen-bond donors (Lipinski definition) is 3. The molecule has 0 saturated carbocycles. The summed E-state index contributed by atoms with van der Waals surface area (Å²) in [5.41, 5.74) is 7.04. The van der Waals surface area contributed by atoms with E-state index in [9.17, 15) is 14.0 Å². The zero-order valence-corrected chi connectivity index (χ0v) is 15.8. The minimum Gasteiger partial charge on any atom is -0.456 e. The van der Waals surface area contributed by atoms with Gasteiger partial charge in [0.2, 0.25) is 17.8 Å². The maximum Gasteiger partial charge on any atom is 0.325 e. The Kier molecular flexibility index (Phi) is 6.83. The van der Waals surface area contributed by atoms with Crippen molar-refractivity contribution in [1.82, 2.24) is 20.3 Å². The number of nitrogen functional groups attached to an aromatic ring is 1. The second-order valence-electron chi connectivity index (χ2n) is 6.17.